The van der Waals surface area contributed by atoms with Crippen LogP contribution in [0.5, 0.6) is 0 Å². The van der Waals surface area contributed by atoms with Crippen LogP contribution in [0.3, 0.4) is 0 Å². The first kappa shape index (κ1) is 15.8. The van der Waals surface area contributed by atoms with Gasteiger partial charge in [-0.2, -0.15) is 0 Å². The third-order valence-electron chi connectivity index (χ3n) is 3.42. The Kier molecular flexibility index (Phi) is 5.14. The van der Waals surface area contributed by atoms with Crippen LogP contribution < -0.4 is 10.5 Å². The Bertz CT molecular complexity index is 577. The molecule has 1 fully saturated rings. The molecule has 1 atom stereocenters. The molecule has 5 nitrogen and oxygen atoms in total. The van der Waals surface area contributed by atoms with E-state index in [1.54, 1.807) is 12.1 Å². The molecule has 3 N–H and O–H groups in total. The normalized spacial score (nSPS) is 18.2. The van der Waals surface area contributed by atoms with Crippen LogP contribution in [0, 0.1) is 0 Å². The Hall–Kier alpha value is -0.540. The Morgan fingerprint density at radius 3 is 2.70 bits per heavy atom. The Balaban J connectivity index is 1.97. The van der Waals surface area contributed by atoms with E-state index in [1.165, 1.54) is 12.8 Å². The van der Waals surface area contributed by atoms with Crippen molar-refractivity contribution in [2.45, 2.75) is 30.0 Å². The zero-order valence-corrected chi connectivity index (χ0v) is 13.8. The molecule has 0 saturated carbocycles. The minimum atomic E-state index is -3.47. The molecule has 1 aromatic heterocycles. The van der Waals surface area contributed by atoms with Crippen LogP contribution in [0.2, 0.25) is 0 Å². The molecule has 1 aliphatic rings. The molecule has 0 bridgehead atoms. The van der Waals surface area contributed by atoms with Crippen LogP contribution in [0.1, 0.15) is 24.6 Å². The van der Waals surface area contributed by atoms with E-state index in [1.807, 2.05) is 6.92 Å². The molecule has 0 radical (unpaired) electrons. The molecule has 20 heavy (non-hydrogen) atoms. The summed E-state index contributed by atoms with van der Waals surface area (Å²) in [6.45, 7) is 4.56. The van der Waals surface area contributed by atoms with E-state index in [0.717, 1.165) is 24.4 Å². The number of likely N-dealkylation sites (tertiary alicyclic amines) is 1. The van der Waals surface area contributed by atoms with Gasteiger partial charge in [-0.15, -0.1) is 11.3 Å². The van der Waals surface area contributed by atoms with E-state index >= 15 is 0 Å². The number of nitrogens with zero attached hydrogens (tertiary/aromatic N) is 1. The summed E-state index contributed by atoms with van der Waals surface area (Å²) < 4.78 is 27.3. The molecular weight excluding hydrogens is 314 g/mol. The van der Waals surface area contributed by atoms with Crippen LogP contribution in [0.4, 0.5) is 0 Å². The summed E-state index contributed by atoms with van der Waals surface area (Å²) in [6.07, 6.45) is 2.39. The predicted molar refractivity (Wildman–Crippen MR) is 85.7 cm³/mol. The topological polar surface area (TPSA) is 75.4 Å². The highest BCUT2D eigenvalue weighted by Gasteiger charge is 2.22. The molecule has 112 valence electrons. The summed E-state index contributed by atoms with van der Waals surface area (Å²) in [4.78, 5) is 3.15. The van der Waals surface area contributed by atoms with Crippen molar-refractivity contribution in [1.29, 1.82) is 0 Å². The third kappa shape index (κ3) is 3.76. The zero-order chi connectivity index (χ0) is 14.8. The minimum absolute atomic E-state index is 0.210. The smallest absolute Gasteiger partial charge is 0.250 e. The molecule has 0 aromatic carbocycles. The van der Waals surface area contributed by atoms with Gasteiger partial charge >= 0.3 is 0 Å². The molecular formula is C12H19N3O2S3. The minimum Gasteiger partial charge on any atom is -0.389 e. The van der Waals surface area contributed by atoms with Crippen molar-refractivity contribution in [1.82, 2.24) is 9.62 Å². The molecule has 1 aliphatic heterocycles. The number of hydrogen-bond acceptors (Lipinski definition) is 5. The molecule has 0 amide bonds. The fourth-order valence-electron chi connectivity index (χ4n) is 2.21. The predicted octanol–water partition coefficient (Wildman–Crippen LogP) is 1.14. The van der Waals surface area contributed by atoms with E-state index in [-0.39, 0.29) is 15.2 Å². The molecule has 0 aliphatic carbocycles. The quantitative estimate of drug-likeness (QED) is 0.764. The highest BCUT2D eigenvalue weighted by Crippen LogP contribution is 2.21. The van der Waals surface area contributed by atoms with Crippen LogP contribution in [0.15, 0.2) is 16.3 Å². The van der Waals surface area contributed by atoms with Gasteiger partial charge in [0.2, 0.25) is 10.0 Å². The highest BCUT2D eigenvalue weighted by molar-refractivity contribution is 7.91. The maximum absolute atomic E-state index is 12.2. The Morgan fingerprint density at radius 1 is 1.50 bits per heavy atom. The summed E-state index contributed by atoms with van der Waals surface area (Å²) in [5, 5.41) is 0. The molecule has 2 heterocycles. The lowest BCUT2D eigenvalue weighted by Gasteiger charge is -2.23. The van der Waals surface area contributed by atoms with Gasteiger partial charge in [-0.1, -0.05) is 12.2 Å². The summed E-state index contributed by atoms with van der Waals surface area (Å²) in [5.74, 6) is 0. The number of thiocarbonyl (C=S) groups is 1. The fourth-order valence-corrected chi connectivity index (χ4v) is 4.73. The van der Waals surface area contributed by atoms with Crippen LogP contribution in [0.25, 0.3) is 0 Å². The first-order chi connectivity index (χ1) is 9.40. The van der Waals surface area contributed by atoms with E-state index in [0.29, 0.717) is 11.4 Å². The SMILES string of the molecule is CC(CNS(=O)(=O)c1ccc(C(N)=S)s1)N1CCCC1. The fraction of sp³-hybridized carbons (Fsp3) is 0.583. The number of thiophene rings is 1. The van der Waals surface area contributed by atoms with Gasteiger partial charge in [0, 0.05) is 12.6 Å². The van der Waals surface area contributed by atoms with Crippen LogP contribution in [-0.2, 0) is 10.0 Å². The zero-order valence-electron chi connectivity index (χ0n) is 11.3. The average molecular weight is 334 g/mol. The van der Waals surface area contributed by atoms with E-state index < -0.39 is 10.0 Å². The molecule has 1 unspecified atom stereocenters. The van der Waals surface area contributed by atoms with Gasteiger partial charge in [0.1, 0.15) is 9.20 Å². The second-order valence-electron chi connectivity index (χ2n) is 4.93. The summed E-state index contributed by atoms with van der Waals surface area (Å²) >= 11 is 5.94. The number of nitrogens with one attached hydrogen (secondary N) is 1. The molecule has 1 saturated heterocycles. The second-order valence-corrected chi connectivity index (χ2v) is 8.44. The van der Waals surface area contributed by atoms with Gasteiger partial charge in [-0.3, -0.25) is 4.90 Å². The van der Waals surface area contributed by atoms with Crippen molar-refractivity contribution >= 4 is 38.6 Å². The van der Waals surface area contributed by atoms with Crippen LogP contribution >= 0.6 is 23.6 Å². The monoisotopic (exact) mass is 333 g/mol. The maximum atomic E-state index is 12.2. The van der Waals surface area contributed by atoms with Crippen molar-refractivity contribution in [3.05, 3.63) is 17.0 Å². The van der Waals surface area contributed by atoms with E-state index in [9.17, 15) is 8.42 Å². The Morgan fingerprint density at radius 2 is 2.15 bits per heavy atom. The van der Waals surface area contributed by atoms with Gasteiger partial charge in [-0.05, 0) is 45.0 Å². The van der Waals surface area contributed by atoms with Crippen molar-refractivity contribution in [3.8, 4) is 0 Å². The average Bonchev–Trinajstić information content (AvgIpc) is 3.06. The van der Waals surface area contributed by atoms with Crippen molar-refractivity contribution < 1.29 is 8.42 Å². The third-order valence-corrected chi connectivity index (χ3v) is 6.80. The van der Waals surface area contributed by atoms with Crippen molar-refractivity contribution in [2.75, 3.05) is 19.6 Å². The molecule has 8 heteroatoms. The lowest BCUT2D eigenvalue weighted by atomic mass is 10.3. The lowest BCUT2D eigenvalue weighted by molar-refractivity contribution is 0.260. The maximum Gasteiger partial charge on any atom is 0.250 e. The van der Waals surface area contributed by atoms with Gasteiger partial charge < -0.3 is 5.73 Å². The first-order valence-corrected chi connectivity index (χ1v) is 9.24. The van der Waals surface area contributed by atoms with Crippen LogP contribution in [-0.4, -0.2) is 44.0 Å². The van der Waals surface area contributed by atoms with Gasteiger partial charge in [0.25, 0.3) is 0 Å². The van der Waals surface area contributed by atoms with Gasteiger partial charge in [0.05, 0.1) is 4.88 Å². The summed E-state index contributed by atoms with van der Waals surface area (Å²) in [5.41, 5.74) is 5.50. The largest absolute Gasteiger partial charge is 0.389 e. The van der Waals surface area contributed by atoms with Gasteiger partial charge in [-0.25, -0.2) is 13.1 Å². The number of rotatable bonds is 6. The first-order valence-electron chi connectivity index (χ1n) is 6.53. The second kappa shape index (κ2) is 6.48. The standard InChI is InChI=1S/C12H19N3O2S3/c1-9(15-6-2-3-7-15)8-14-20(16,17)11-5-4-10(19-11)12(13)18/h4-5,9,14H,2-3,6-8H2,1H3,(H2,13,18). The van der Waals surface area contributed by atoms with Gasteiger partial charge in [0.15, 0.2) is 0 Å². The van der Waals surface area contributed by atoms with Crippen molar-refractivity contribution in [2.24, 2.45) is 5.73 Å². The number of nitrogens with two attached hydrogens (primary N) is 1. The Labute approximate surface area is 129 Å². The summed E-state index contributed by atoms with van der Waals surface area (Å²) in [7, 11) is -3.47. The number of sulfonamides is 1. The highest BCUT2D eigenvalue weighted by atomic mass is 32.2. The van der Waals surface area contributed by atoms with E-state index in [2.05, 4.69) is 9.62 Å². The van der Waals surface area contributed by atoms with E-state index in [4.69, 9.17) is 18.0 Å². The molecule has 2 rings (SSSR count). The molecule has 0 spiro atoms. The summed E-state index contributed by atoms with van der Waals surface area (Å²) in [6, 6.07) is 3.40. The lowest BCUT2D eigenvalue weighted by Crippen LogP contribution is -2.40. The number of hydrogen-bond donors (Lipinski definition) is 2. The van der Waals surface area contributed by atoms with Crippen molar-refractivity contribution in [3.63, 3.8) is 0 Å². The molecule has 1 aromatic rings.